The van der Waals surface area contributed by atoms with Crippen molar-refractivity contribution in [3.63, 3.8) is 0 Å². The molecule has 1 amide bonds. The number of hydrogen-bond acceptors (Lipinski definition) is 4. The predicted octanol–water partition coefficient (Wildman–Crippen LogP) is 3.55. The van der Waals surface area contributed by atoms with Crippen molar-refractivity contribution < 1.29 is 19.0 Å². The van der Waals surface area contributed by atoms with Crippen LogP contribution in [0.1, 0.15) is 0 Å². The topological polar surface area (TPSA) is 70.6 Å². The molecule has 24 heavy (non-hydrogen) atoms. The smallest absolute Gasteiger partial charge is 0.243 e. The first kappa shape index (κ1) is 18.3. The third kappa shape index (κ3) is 5.26. The van der Waals surface area contributed by atoms with Crippen LogP contribution in [-0.4, -0.2) is 30.8 Å². The molecule has 0 saturated heterocycles. The van der Waals surface area contributed by atoms with Gasteiger partial charge in [-0.15, -0.1) is 0 Å². The minimum absolute atomic E-state index is 0.0163. The Balaban J connectivity index is 2.00. The summed E-state index contributed by atoms with van der Waals surface area (Å²) in [4.78, 5) is 12.0. The summed E-state index contributed by atoms with van der Waals surface area (Å²) in [6.45, 7) is -0.282. The normalized spacial score (nSPS) is 10.3. The maximum Gasteiger partial charge on any atom is 0.243 e. The number of halogens is 3. The molecule has 0 atom stereocenters. The number of carbonyl (C=O) groups excluding carboxylic acids is 1. The van der Waals surface area contributed by atoms with Gasteiger partial charge in [-0.1, -0.05) is 23.2 Å². The van der Waals surface area contributed by atoms with Crippen molar-refractivity contribution in [2.75, 3.05) is 30.4 Å². The van der Waals surface area contributed by atoms with Gasteiger partial charge in [-0.25, -0.2) is 4.39 Å². The Morgan fingerprint density at radius 2 is 1.96 bits per heavy atom. The highest BCUT2D eigenvalue weighted by Gasteiger charge is 2.10. The Bertz CT molecular complexity index is 728. The van der Waals surface area contributed by atoms with E-state index in [4.69, 9.17) is 33.0 Å². The molecular weight excluding hydrogens is 358 g/mol. The number of nitrogens with one attached hydrogen (secondary N) is 2. The third-order valence-electron chi connectivity index (χ3n) is 2.93. The molecule has 3 N–H and O–H groups in total. The number of aliphatic hydroxyl groups excluding tert-OH is 1. The summed E-state index contributed by atoms with van der Waals surface area (Å²) >= 11 is 11.8. The zero-order valence-electron chi connectivity index (χ0n) is 12.5. The lowest BCUT2D eigenvalue weighted by Gasteiger charge is -2.13. The summed E-state index contributed by atoms with van der Waals surface area (Å²) in [7, 11) is 0. The van der Waals surface area contributed by atoms with E-state index in [1.54, 1.807) is 12.1 Å². The molecule has 0 heterocycles. The van der Waals surface area contributed by atoms with Crippen LogP contribution in [0.5, 0.6) is 5.75 Å². The standard InChI is InChI=1S/C16H15Cl2FN2O3/c17-10-1-3-12(18)14(7-10)21-16(23)9-20-13-4-2-11(19)8-15(13)24-6-5-22/h1-4,7-8,20,22H,5-6,9H2,(H,21,23). The average molecular weight is 373 g/mol. The Morgan fingerprint density at radius 1 is 1.17 bits per heavy atom. The monoisotopic (exact) mass is 372 g/mol. The van der Waals surface area contributed by atoms with E-state index in [1.807, 2.05) is 0 Å². The van der Waals surface area contributed by atoms with Gasteiger partial charge < -0.3 is 20.5 Å². The van der Waals surface area contributed by atoms with Crippen molar-refractivity contribution in [1.29, 1.82) is 0 Å². The second-order valence-corrected chi connectivity index (χ2v) is 5.58. The third-order valence-corrected chi connectivity index (χ3v) is 3.50. The van der Waals surface area contributed by atoms with E-state index in [-0.39, 0.29) is 31.4 Å². The number of hydrogen-bond donors (Lipinski definition) is 3. The predicted molar refractivity (Wildman–Crippen MR) is 92.6 cm³/mol. The van der Waals surface area contributed by atoms with Crippen LogP contribution in [0.4, 0.5) is 15.8 Å². The minimum Gasteiger partial charge on any atom is -0.489 e. The Labute approximate surface area is 148 Å². The lowest BCUT2D eigenvalue weighted by atomic mass is 10.2. The number of rotatable bonds is 7. The fourth-order valence-electron chi connectivity index (χ4n) is 1.88. The van der Waals surface area contributed by atoms with Gasteiger partial charge in [0, 0.05) is 11.1 Å². The van der Waals surface area contributed by atoms with Crippen LogP contribution in [0.25, 0.3) is 0 Å². The van der Waals surface area contributed by atoms with E-state index >= 15 is 0 Å². The fourth-order valence-corrected chi connectivity index (χ4v) is 2.22. The molecule has 0 fully saturated rings. The number of carbonyl (C=O) groups is 1. The van der Waals surface area contributed by atoms with E-state index in [1.165, 1.54) is 24.3 Å². The lowest BCUT2D eigenvalue weighted by molar-refractivity contribution is -0.114. The van der Waals surface area contributed by atoms with E-state index in [0.717, 1.165) is 0 Å². The lowest BCUT2D eigenvalue weighted by Crippen LogP contribution is -2.22. The van der Waals surface area contributed by atoms with Gasteiger partial charge in [-0.05, 0) is 30.3 Å². The molecule has 2 rings (SSSR count). The van der Waals surface area contributed by atoms with Gasteiger partial charge in [-0.2, -0.15) is 0 Å². The van der Waals surface area contributed by atoms with Gasteiger partial charge in [0.15, 0.2) is 0 Å². The molecule has 0 bridgehead atoms. The van der Waals surface area contributed by atoms with Crippen LogP contribution in [0, 0.1) is 5.82 Å². The maximum absolute atomic E-state index is 13.3. The van der Waals surface area contributed by atoms with Gasteiger partial charge in [0.1, 0.15) is 18.2 Å². The molecule has 0 unspecified atom stereocenters. The summed E-state index contributed by atoms with van der Waals surface area (Å²) < 4.78 is 18.5. The summed E-state index contributed by atoms with van der Waals surface area (Å²) in [6, 6.07) is 8.58. The van der Waals surface area contributed by atoms with Gasteiger partial charge >= 0.3 is 0 Å². The van der Waals surface area contributed by atoms with E-state index in [9.17, 15) is 9.18 Å². The number of ether oxygens (including phenoxy) is 1. The SMILES string of the molecule is O=C(CNc1ccc(F)cc1OCCO)Nc1cc(Cl)ccc1Cl. The molecule has 0 aromatic heterocycles. The molecule has 0 aliphatic heterocycles. The zero-order chi connectivity index (χ0) is 17.5. The highest BCUT2D eigenvalue weighted by Crippen LogP contribution is 2.26. The Hall–Kier alpha value is -2.02. The van der Waals surface area contributed by atoms with Crippen LogP contribution in [0.3, 0.4) is 0 Å². The number of anilines is 2. The van der Waals surface area contributed by atoms with Crippen molar-refractivity contribution in [2.24, 2.45) is 0 Å². The van der Waals surface area contributed by atoms with Gasteiger partial charge in [0.05, 0.1) is 29.5 Å². The fraction of sp³-hybridized carbons (Fsp3) is 0.188. The molecular formula is C16H15Cl2FN2O3. The molecule has 128 valence electrons. The van der Waals surface area contributed by atoms with Crippen molar-refractivity contribution >= 4 is 40.5 Å². The van der Waals surface area contributed by atoms with Crippen LogP contribution < -0.4 is 15.4 Å². The number of benzene rings is 2. The van der Waals surface area contributed by atoms with E-state index in [2.05, 4.69) is 10.6 Å². The molecule has 0 spiro atoms. The summed E-state index contributed by atoms with van der Waals surface area (Å²) in [5.41, 5.74) is 0.823. The molecule has 0 aliphatic rings. The maximum atomic E-state index is 13.3. The number of amides is 1. The van der Waals surface area contributed by atoms with Crippen molar-refractivity contribution in [3.8, 4) is 5.75 Å². The first-order valence-electron chi connectivity index (χ1n) is 7.01. The quantitative estimate of drug-likeness (QED) is 0.694. The molecule has 5 nitrogen and oxygen atoms in total. The minimum atomic E-state index is -0.483. The average Bonchev–Trinajstić information content (AvgIpc) is 2.55. The van der Waals surface area contributed by atoms with Crippen molar-refractivity contribution in [2.45, 2.75) is 0 Å². The second kappa shape index (κ2) is 8.73. The van der Waals surface area contributed by atoms with Gasteiger partial charge in [-0.3, -0.25) is 4.79 Å². The van der Waals surface area contributed by atoms with E-state index in [0.29, 0.717) is 21.4 Å². The van der Waals surface area contributed by atoms with Gasteiger partial charge in [0.25, 0.3) is 0 Å². The van der Waals surface area contributed by atoms with Crippen LogP contribution in [-0.2, 0) is 4.79 Å². The molecule has 0 radical (unpaired) electrons. The van der Waals surface area contributed by atoms with E-state index < -0.39 is 5.82 Å². The highest BCUT2D eigenvalue weighted by atomic mass is 35.5. The Morgan fingerprint density at radius 3 is 2.71 bits per heavy atom. The van der Waals surface area contributed by atoms with Crippen LogP contribution >= 0.6 is 23.2 Å². The number of aliphatic hydroxyl groups is 1. The zero-order valence-corrected chi connectivity index (χ0v) is 14.0. The summed E-state index contributed by atoms with van der Waals surface area (Å²) in [5, 5.41) is 15.1. The first-order valence-corrected chi connectivity index (χ1v) is 7.77. The van der Waals surface area contributed by atoms with Crippen molar-refractivity contribution in [1.82, 2.24) is 0 Å². The van der Waals surface area contributed by atoms with Crippen LogP contribution in [0.15, 0.2) is 36.4 Å². The molecule has 2 aromatic rings. The van der Waals surface area contributed by atoms with Crippen molar-refractivity contribution in [3.05, 3.63) is 52.3 Å². The summed E-state index contributed by atoms with van der Waals surface area (Å²) in [6.07, 6.45) is 0. The molecule has 0 aliphatic carbocycles. The molecule has 2 aromatic carbocycles. The molecule has 8 heteroatoms. The second-order valence-electron chi connectivity index (χ2n) is 4.74. The first-order chi connectivity index (χ1) is 11.5. The molecule has 0 saturated carbocycles. The largest absolute Gasteiger partial charge is 0.489 e. The van der Waals surface area contributed by atoms with Crippen LogP contribution in [0.2, 0.25) is 10.0 Å². The Kier molecular flexibility index (Phi) is 6.66. The van der Waals surface area contributed by atoms with Gasteiger partial charge in [0.2, 0.25) is 5.91 Å². The highest BCUT2D eigenvalue weighted by molar-refractivity contribution is 6.35. The summed E-state index contributed by atoms with van der Waals surface area (Å²) in [5.74, 6) is -0.641.